The molecule has 0 unspecified atom stereocenters. The van der Waals surface area contributed by atoms with Crippen LogP contribution in [0.3, 0.4) is 0 Å². The van der Waals surface area contributed by atoms with E-state index in [1.807, 2.05) is 0 Å². The molecule has 0 aromatic heterocycles. The Bertz CT molecular complexity index is 363. The molecule has 6 nitrogen and oxygen atoms in total. The fraction of sp³-hybridized carbons (Fsp3) is 0.857. The van der Waals surface area contributed by atoms with E-state index in [0.29, 0.717) is 25.9 Å². The lowest BCUT2D eigenvalue weighted by Gasteiger charge is -2.57. The third-order valence-electron chi connectivity index (χ3n) is 3.11. The average molecular weight is 220 g/mol. The summed E-state index contributed by atoms with van der Waals surface area (Å²) in [7, 11) is -3.42. The largest absolute Gasteiger partial charge is 0.465 e. The van der Waals surface area contributed by atoms with Gasteiger partial charge < -0.3 is 10.0 Å². The molecule has 1 aliphatic heterocycles. The van der Waals surface area contributed by atoms with Crippen LogP contribution in [-0.4, -0.2) is 42.9 Å². The van der Waals surface area contributed by atoms with E-state index in [9.17, 15) is 13.2 Å². The van der Waals surface area contributed by atoms with Crippen LogP contribution < -0.4 is 5.14 Å². The van der Waals surface area contributed by atoms with Crippen molar-refractivity contribution in [2.45, 2.75) is 18.1 Å². The quantitative estimate of drug-likeness (QED) is 0.617. The summed E-state index contributed by atoms with van der Waals surface area (Å²) in [4.78, 5) is 11.8. The van der Waals surface area contributed by atoms with Gasteiger partial charge in [0.1, 0.15) is 0 Å². The van der Waals surface area contributed by atoms with Gasteiger partial charge in [0.2, 0.25) is 10.0 Å². The number of carboxylic acid groups (broad SMARTS) is 1. The lowest BCUT2D eigenvalue weighted by atomic mass is 9.63. The van der Waals surface area contributed by atoms with Gasteiger partial charge in [0.15, 0.2) is 0 Å². The zero-order chi connectivity index (χ0) is 10.6. The summed E-state index contributed by atoms with van der Waals surface area (Å²) in [6.07, 6.45) is 0.0836. The predicted molar refractivity (Wildman–Crippen MR) is 48.2 cm³/mol. The molecule has 0 aromatic rings. The highest BCUT2D eigenvalue weighted by Gasteiger charge is 2.56. The van der Waals surface area contributed by atoms with Crippen molar-refractivity contribution in [3.63, 3.8) is 0 Å². The van der Waals surface area contributed by atoms with Gasteiger partial charge in [0, 0.05) is 18.5 Å². The van der Waals surface area contributed by atoms with Gasteiger partial charge in [-0.25, -0.2) is 18.4 Å². The molecule has 1 amide bonds. The second-order valence-electron chi connectivity index (χ2n) is 4.26. The van der Waals surface area contributed by atoms with E-state index in [0.717, 1.165) is 0 Å². The Hall–Kier alpha value is -0.820. The van der Waals surface area contributed by atoms with Crippen LogP contribution in [0.15, 0.2) is 0 Å². The van der Waals surface area contributed by atoms with Crippen molar-refractivity contribution in [3.05, 3.63) is 0 Å². The third kappa shape index (κ3) is 1.36. The maximum Gasteiger partial charge on any atom is 0.407 e. The molecule has 14 heavy (non-hydrogen) atoms. The first-order chi connectivity index (χ1) is 6.32. The van der Waals surface area contributed by atoms with Gasteiger partial charge in [-0.1, -0.05) is 0 Å². The van der Waals surface area contributed by atoms with Crippen molar-refractivity contribution in [3.8, 4) is 0 Å². The Morgan fingerprint density at radius 1 is 1.43 bits per heavy atom. The standard InChI is InChI=1S/C7H12N2O4S/c8-14(12,13)5-1-7(2-5)3-9(4-7)6(10)11/h5H,1-4H2,(H,10,11)(H2,8,12,13). The van der Waals surface area contributed by atoms with Crippen molar-refractivity contribution in [1.82, 2.24) is 4.90 Å². The van der Waals surface area contributed by atoms with Crippen molar-refractivity contribution in [2.24, 2.45) is 10.6 Å². The first-order valence-corrected chi connectivity index (χ1v) is 5.93. The topological polar surface area (TPSA) is 101 Å². The van der Waals surface area contributed by atoms with Gasteiger partial charge in [-0.2, -0.15) is 0 Å². The normalized spacial score (nSPS) is 25.6. The van der Waals surface area contributed by atoms with Crippen LogP contribution in [0.25, 0.3) is 0 Å². The predicted octanol–water partition coefficient (Wildman–Crippen LogP) is -0.583. The minimum atomic E-state index is -3.42. The summed E-state index contributed by atoms with van der Waals surface area (Å²) in [6.45, 7) is 0.905. The highest BCUT2D eigenvalue weighted by atomic mass is 32.2. The summed E-state index contributed by atoms with van der Waals surface area (Å²) in [5.41, 5.74) is -0.0878. The summed E-state index contributed by atoms with van der Waals surface area (Å²) in [5, 5.41) is 13.1. The van der Waals surface area contributed by atoms with E-state index in [1.165, 1.54) is 4.90 Å². The maximum atomic E-state index is 10.9. The molecule has 1 spiro atoms. The third-order valence-corrected chi connectivity index (χ3v) is 4.37. The fourth-order valence-corrected chi connectivity index (χ4v) is 3.47. The molecule has 1 saturated heterocycles. The summed E-state index contributed by atoms with van der Waals surface area (Å²) >= 11 is 0. The SMILES string of the molecule is NS(=O)(=O)C1CC2(C1)CN(C(=O)O)C2. The van der Waals surface area contributed by atoms with E-state index in [-0.39, 0.29) is 5.41 Å². The first-order valence-electron chi connectivity index (χ1n) is 4.32. The number of rotatable bonds is 1. The zero-order valence-corrected chi connectivity index (χ0v) is 8.33. The average Bonchev–Trinajstić information content (AvgIpc) is 1.74. The van der Waals surface area contributed by atoms with Crippen LogP contribution in [-0.2, 0) is 10.0 Å². The molecular weight excluding hydrogens is 208 g/mol. The number of likely N-dealkylation sites (tertiary alicyclic amines) is 1. The van der Waals surface area contributed by atoms with Gasteiger partial charge in [0.25, 0.3) is 0 Å². The molecule has 0 radical (unpaired) electrons. The lowest BCUT2D eigenvalue weighted by molar-refractivity contribution is -0.0424. The van der Waals surface area contributed by atoms with Gasteiger partial charge >= 0.3 is 6.09 Å². The molecule has 0 aromatic carbocycles. The molecule has 0 bridgehead atoms. The van der Waals surface area contributed by atoms with Crippen LogP contribution in [0, 0.1) is 5.41 Å². The molecule has 1 heterocycles. The van der Waals surface area contributed by atoms with Gasteiger partial charge in [-0.15, -0.1) is 0 Å². The van der Waals surface area contributed by atoms with Crippen LogP contribution in [0.2, 0.25) is 0 Å². The maximum absolute atomic E-state index is 10.9. The Labute approximate surface area is 81.7 Å². The second kappa shape index (κ2) is 2.60. The number of amides is 1. The molecule has 2 fully saturated rings. The minimum absolute atomic E-state index is 0.0878. The van der Waals surface area contributed by atoms with E-state index in [1.54, 1.807) is 0 Å². The number of primary sulfonamides is 1. The number of hydrogen-bond acceptors (Lipinski definition) is 3. The Kier molecular flexibility index (Phi) is 1.81. The molecule has 0 atom stereocenters. The van der Waals surface area contributed by atoms with Crippen LogP contribution >= 0.6 is 0 Å². The number of carbonyl (C=O) groups is 1. The molecule has 1 aliphatic carbocycles. The van der Waals surface area contributed by atoms with Crippen molar-refractivity contribution >= 4 is 16.1 Å². The van der Waals surface area contributed by atoms with Crippen LogP contribution in [0.5, 0.6) is 0 Å². The minimum Gasteiger partial charge on any atom is -0.465 e. The summed E-state index contributed by atoms with van der Waals surface area (Å²) in [6, 6.07) is 0. The number of sulfonamides is 1. The second-order valence-corrected chi connectivity index (χ2v) is 6.10. The Morgan fingerprint density at radius 2 is 1.93 bits per heavy atom. The smallest absolute Gasteiger partial charge is 0.407 e. The Morgan fingerprint density at radius 3 is 2.29 bits per heavy atom. The van der Waals surface area contributed by atoms with Gasteiger partial charge in [-0.3, -0.25) is 0 Å². The molecule has 80 valence electrons. The fourth-order valence-electron chi connectivity index (χ4n) is 2.30. The van der Waals surface area contributed by atoms with Crippen molar-refractivity contribution < 1.29 is 18.3 Å². The molecule has 7 heteroatoms. The number of nitrogens with two attached hydrogens (primary N) is 1. The molecular formula is C7H12N2O4S. The van der Waals surface area contributed by atoms with E-state index >= 15 is 0 Å². The molecule has 2 aliphatic rings. The van der Waals surface area contributed by atoms with Crippen molar-refractivity contribution in [1.29, 1.82) is 0 Å². The number of hydrogen-bond donors (Lipinski definition) is 2. The molecule has 3 N–H and O–H groups in total. The number of nitrogens with zero attached hydrogens (tertiary/aromatic N) is 1. The van der Waals surface area contributed by atoms with E-state index in [4.69, 9.17) is 10.2 Å². The van der Waals surface area contributed by atoms with Crippen LogP contribution in [0.4, 0.5) is 4.79 Å². The summed E-state index contributed by atoms with van der Waals surface area (Å²) in [5.74, 6) is 0. The summed E-state index contributed by atoms with van der Waals surface area (Å²) < 4.78 is 21.8. The van der Waals surface area contributed by atoms with Gasteiger partial charge in [-0.05, 0) is 12.8 Å². The van der Waals surface area contributed by atoms with E-state index < -0.39 is 21.4 Å². The zero-order valence-electron chi connectivity index (χ0n) is 7.51. The first kappa shape index (κ1) is 9.72. The highest BCUT2D eigenvalue weighted by Crippen LogP contribution is 2.50. The van der Waals surface area contributed by atoms with E-state index in [2.05, 4.69) is 0 Å². The highest BCUT2D eigenvalue weighted by molar-refractivity contribution is 7.89. The van der Waals surface area contributed by atoms with Crippen molar-refractivity contribution in [2.75, 3.05) is 13.1 Å². The Balaban J connectivity index is 1.88. The molecule has 1 saturated carbocycles. The van der Waals surface area contributed by atoms with Gasteiger partial charge in [0.05, 0.1) is 5.25 Å². The molecule has 2 rings (SSSR count). The van der Waals surface area contributed by atoms with Crippen LogP contribution in [0.1, 0.15) is 12.8 Å². The lowest BCUT2D eigenvalue weighted by Crippen LogP contribution is -2.66. The monoisotopic (exact) mass is 220 g/mol.